The van der Waals surface area contributed by atoms with E-state index in [1.807, 2.05) is 6.92 Å². The van der Waals surface area contributed by atoms with Gasteiger partial charge in [0, 0.05) is 26.3 Å². The van der Waals surface area contributed by atoms with Gasteiger partial charge in [-0.25, -0.2) is 0 Å². The van der Waals surface area contributed by atoms with Crippen LogP contribution in [0, 0.1) is 5.92 Å². The second-order valence-electron chi connectivity index (χ2n) is 4.13. The number of methoxy groups -OCH3 is 1. The van der Waals surface area contributed by atoms with Crippen molar-refractivity contribution >= 4 is 17.6 Å². The SMILES string of the molecule is COCC(C)CC(=O)Nc1cnn(CC(=O)O)c1. The third kappa shape index (κ3) is 4.96. The zero-order valence-corrected chi connectivity index (χ0v) is 10.4. The first-order chi connectivity index (χ1) is 8.51. The summed E-state index contributed by atoms with van der Waals surface area (Å²) in [5.74, 6) is -0.997. The lowest BCUT2D eigenvalue weighted by Gasteiger charge is -2.09. The quantitative estimate of drug-likeness (QED) is 0.743. The van der Waals surface area contributed by atoms with Crippen molar-refractivity contribution in [2.75, 3.05) is 19.0 Å². The first kappa shape index (κ1) is 14.2. The fourth-order valence-corrected chi connectivity index (χ4v) is 1.53. The summed E-state index contributed by atoms with van der Waals surface area (Å²) in [5, 5.41) is 15.0. The third-order valence-corrected chi connectivity index (χ3v) is 2.20. The molecule has 0 spiro atoms. The Morgan fingerprint density at radius 2 is 2.33 bits per heavy atom. The van der Waals surface area contributed by atoms with E-state index in [1.54, 1.807) is 7.11 Å². The number of ether oxygens (including phenoxy) is 1. The molecule has 18 heavy (non-hydrogen) atoms. The molecule has 1 unspecified atom stereocenters. The van der Waals surface area contributed by atoms with Crippen molar-refractivity contribution < 1.29 is 19.4 Å². The van der Waals surface area contributed by atoms with Crippen molar-refractivity contribution in [3.05, 3.63) is 12.4 Å². The molecule has 2 N–H and O–H groups in total. The number of nitrogens with zero attached hydrogens (tertiary/aromatic N) is 2. The van der Waals surface area contributed by atoms with E-state index in [9.17, 15) is 9.59 Å². The number of carboxylic acid groups (broad SMARTS) is 1. The maximum atomic E-state index is 11.6. The van der Waals surface area contributed by atoms with Crippen LogP contribution >= 0.6 is 0 Å². The van der Waals surface area contributed by atoms with Crippen LogP contribution in [0.1, 0.15) is 13.3 Å². The van der Waals surface area contributed by atoms with Crippen LogP contribution in [0.3, 0.4) is 0 Å². The fraction of sp³-hybridized carbons (Fsp3) is 0.545. The van der Waals surface area contributed by atoms with Gasteiger partial charge in [-0.15, -0.1) is 0 Å². The molecule has 0 saturated carbocycles. The molecule has 1 atom stereocenters. The van der Waals surface area contributed by atoms with Gasteiger partial charge in [-0.3, -0.25) is 14.3 Å². The van der Waals surface area contributed by atoms with Gasteiger partial charge in [0.05, 0.1) is 11.9 Å². The van der Waals surface area contributed by atoms with Gasteiger partial charge in [0.2, 0.25) is 5.91 Å². The van der Waals surface area contributed by atoms with E-state index in [2.05, 4.69) is 10.4 Å². The van der Waals surface area contributed by atoms with Crippen LogP contribution in [0.4, 0.5) is 5.69 Å². The largest absolute Gasteiger partial charge is 0.480 e. The molecule has 1 heterocycles. The number of hydrogen-bond donors (Lipinski definition) is 2. The Bertz CT molecular complexity index is 416. The van der Waals surface area contributed by atoms with Gasteiger partial charge in [-0.1, -0.05) is 6.92 Å². The number of carboxylic acids is 1. The zero-order valence-electron chi connectivity index (χ0n) is 10.4. The second kappa shape index (κ2) is 6.75. The molecule has 0 aliphatic heterocycles. The van der Waals surface area contributed by atoms with Gasteiger partial charge in [0.15, 0.2) is 0 Å². The Morgan fingerprint density at radius 3 is 2.94 bits per heavy atom. The van der Waals surface area contributed by atoms with E-state index in [0.717, 1.165) is 0 Å². The van der Waals surface area contributed by atoms with Gasteiger partial charge in [-0.2, -0.15) is 5.10 Å². The van der Waals surface area contributed by atoms with Crippen LogP contribution in [0.15, 0.2) is 12.4 Å². The van der Waals surface area contributed by atoms with Crippen LogP contribution in [0.5, 0.6) is 0 Å². The summed E-state index contributed by atoms with van der Waals surface area (Å²) in [4.78, 5) is 22.1. The summed E-state index contributed by atoms with van der Waals surface area (Å²) in [5.41, 5.74) is 0.492. The third-order valence-electron chi connectivity index (χ3n) is 2.20. The number of anilines is 1. The number of aromatic nitrogens is 2. The molecule has 1 amide bonds. The van der Waals surface area contributed by atoms with Gasteiger partial charge in [0.1, 0.15) is 6.54 Å². The predicted molar refractivity (Wildman–Crippen MR) is 64.1 cm³/mol. The minimum absolute atomic E-state index is 0.129. The molecule has 0 bridgehead atoms. The van der Waals surface area contributed by atoms with E-state index in [0.29, 0.717) is 18.7 Å². The fourth-order valence-electron chi connectivity index (χ4n) is 1.53. The van der Waals surface area contributed by atoms with Crippen molar-refractivity contribution in [1.29, 1.82) is 0 Å². The zero-order chi connectivity index (χ0) is 13.5. The average Bonchev–Trinajstić information content (AvgIpc) is 2.64. The van der Waals surface area contributed by atoms with Gasteiger partial charge >= 0.3 is 5.97 Å². The van der Waals surface area contributed by atoms with Crippen LogP contribution in [-0.4, -0.2) is 40.5 Å². The molecular formula is C11H17N3O4. The molecule has 0 aliphatic carbocycles. The second-order valence-corrected chi connectivity index (χ2v) is 4.13. The Morgan fingerprint density at radius 1 is 1.61 bits per heavy atom. The van der Waals surface area contributed by atoms with Crippen LogP contribution in [0.2, 0.25) is 0 Å². The first-order valence-electron chi connectivity index (χ1n) is 5.54. The number of rotatable bonds is 7. The van der Waals surface area contributed by atoms with E-state index >= 15 is 0 Å². The maximum Gasteiger partial charge on any atom is 0.325 e. The highest BCUT2D eigenvalue weighted by Crippen LogP contribution is 2.08. The lowest BCUT2D eigenvalue weighted by atomic mass is 10.1. The van der Waals surface area contributed by atoms with Gasteiger partial charge in [-0.05, 0) is 5.92 Å². The van der Waals surface area contributed by atoms with Crippen molar-refractivity contribution in [2.24, 2.45) is 5.92 Å². The summed E-state index contributed by atoms with van der Waals surface area (Å²) < 4.78 is 6.19. The van der Waals surface area contributed by atoms with Crippen LogP contribution in [-0.2, 0) is 20.9 Å². The maximum absolute atomic E-state index is 11.6. The molecule has 0 aliphatic rings. The highest BCUT2D eigenvalue weighted by molar-refractivity contribution is 5.90. The van der Waals surface area contributed by atoms with E-state index in [-0.39, 0.29) is 18.4 Å². The number of aliphatic carboxylic acids is 1. The summed E-state index contributed by atoms with van der Waals surface area (Å²) in [6.07, 6.45) is 3.24. The predicted octanol–water partition coefficient (Wildman–Crippen LogP) is 0.579. The Labute approximate surface area is 105 Å². The topological polar surface area (TPSA) is 93.5 Å². The highest BCUT2D eigenvalue weighted by Gasteiger charge is 2.10. The van der Waals surface area contributed by atoms with Crippen molar-refractivity contribution in [3.8, 4) is 0 Å². The van der Waals surface area contributed by atoms with Crippen LogP contribution < -0.4 is 5.32 Å². The lowest BCUT2D eigenvalue weighted by molar-refractivity contribution is -0.137. The Hall–Kier alpha value is -1.89. The van der Waals surface area contributed by atoms with Gasteiger partial charge in [0.25, 0.3) is 0 Å². The first-order valence-corrected chi connectivity index (χ1v) is 5.54. The minimum atomic E-state index is -0.982. The Kier molecular flexibility index (Phi) is 5.31. The average molecular weight is 255 g/mol. The molecule has 0 fully saturated rings. The summed E-state index contributed by atoms with van der Waals surface area (Å²) in [6, 6.07) is 0. The molecule has 1 aromatic rings. The Balaban J connectivity index is 2.44. The number of carbonyl (C=O) groups is 2. The normalized spacial score (nSPS) is 12.1. The molecule has 0 saturated heterocycles. The highest BCUT2D eigenvalue weighted by atomic mass is 16.5. The molecule has 7 heteroatoms. The lowest BCUT2D eigenvalue weighted by Crippen LogP contribution is -2.17. The van der Waals surface area contributed by atoms with E-state index < -0.39 is 5.97 Å². The minimum Gasteiger partial charge on any atom is -0.480 e. The molecule has 0 radical (unpaired) electrons. The molecule has 1 aromatic heterocycles. The van der Waals surface area contributed by atoms with E-state index in [4.69, 9.17) is 9.84 Å². The van der Waals surface area contributed by atoms with Crippen molar-refractivity contribution in [3.63, 3.8) is 0 Å². The summed E-state index contributed by atoms with van der Waals surface area (Å²) in [6.45, 7) is 2.21. The molecule has 0 aromatic carbocycles. The molecular weight excluding hydrogens is 238 g/mol. The van der Waals surface area contributed by atoms with E-state index in [1.165, 1.54) is 17.1 Å². The molecule has 7 nitrogen and oxygen atoms in total. The number of nitrogens with one attached hydrogen (secondary N) is 1. The van der Waals surface area contributed by atoms with Crippen molar-refractivity contribution in [2.45, 2.75) is 19.9 Å². The smallest absolute Gasteiger partial charge is 0.325 e. The molecule has 1 rings (SSSR count). The number of amides is 1. The van der Waals surface area contributed by atoms with Crippen molar-refractivity contribution in [1.82, 2.24) is 9.78 Å². The summed E-state index contributed by atoms with van der Waals surface area (Å²) >= 11 is 0. The number of carbonyl (C=O) groups excluding carboxylic acids is 1. The summed E-state index contributed by atoms with van der Waals surface area (Å²) in [7, 11) is 1.59. The van der Waals surface area contributed by atoms with Crippen LogP contribution in [0.25, 0.3) is 0 Å². The molecule has 100 valence electrons. The standard InChI is InChI=1S/C11H17N3O4/c1-8(7-18-2)3-10(15)13-9-4-12-14(5-9)6-11(16)17/h4-5,8H,3,6-7H2,1-2H3,(H,13,15)(H,16,17). The number of hydrogen-bond acceptors (Lipinski definition) is 4. The van der Waals surface area contributed by atoms with Gasteiger partial charge < -0.3 is 15.2 Å². The monoisotopic (exact) mass is 255 g/mol.